The van der Waals surface area contributed by atoms with Gasteiger partial charge in [0, 0.05) is 30.3 Å². The highest BCUT2D eigenvalue weighted by molar-refractivity contribution is 5.98. The van der Waals surface area contributed by atoms with Gasteiger partial charge in [-0.05, 0) is 48.0 Å². The number of carboxylic acid groups (broad SMARTS) is 1. The topological polar surface area (TPSA) is 120 Å². The molecule has 0 radical (unpaired) electrons. The first kappa shape index (κ1) is 27.2. The van der Waals surface area contributed by atoms with E-state index >= 15 is 0 Å². The molecule has 5 rings (SSSR count). The summed E-state index contributed by atoms with van der Waals surface area (Å²) >= 11 is 0. The molecule has 1 aliphatic heterocycles. The second-order valence-corrected chi connectivity index (χ2v) is 8.27. The molecule has 0 saturated heterocycles. The number of pyridine rings is 2. The number of carbonyl (C=O) groups excluding carboxylic acids is 1. The quantitative estimate of drug-likeness (QED) is 0.349. The molecule has 12 heteroatoms. The maximum Gasteiger partial charge on any atom is 0.573 e. The van der Waals surface area contributed by atoms with Crippen LogP contribution in [0.5, 0.6) is 17.2 Å². The van der Waals surface area contributed by atoms with E-state index in [-0.39, 0.29) is 18.8 Å². The van der Waals surface area contributed by atoms with Gasteiger partial charge >= 0.3 is 6.36 Å². The van der Waals surface area contributed by atoms with Crippen molar-refractivity contribution < 1.29 is 42.1 Å². The summed E-state index contributed by atoms with van der Waals surface area (Å²) in [6, 6.07) is 15.9. The van der Waals surface area contributed by atoms with Crippen LogP contribution in [0.2, 0.25) is 0 Å². The Labute approximate surface area is 220 Å². The van der Waals surface area contributed by atoms with Crippen LogP contribution in [0, 0.1) is 0 Å². The van der Waals surface area contributed by atoms with E-state index < -0.39 is 17.8 Å². The molecule has 9 nitrogen and oxygen atoms in total. The van der Waals surface area contributed by atoms with Gasteiger partial charge in [0.1, 0.15) is 28.5 Å². The van der Waals surface area contributed by atoms with E-state index in [4.69, 9.17) is 19.4 Å². The first-order valence-electron chi connectivity index (χ1n) is 11.5. The van der Waals surface area contributed by atoms with Crippen molar-refractivity contribution in [2.75, 3.05) is 13.7 Å². The van der Waals surface area contributed by atoms with E-state index in [1.54, 1.807) is 49.7 Å². The number of benzene rings is 2. The molecule has 0 unspecified atom stereocenters. The SMILES string of the molecule is COc1ccc2cc(C(=O)N[C@]3(c4ccc(OC(F)(F)F)cc4)CCOc4cccnc43)cnc2c1.O=CO. The molecular weight excluding hydrogens is 519 g/mol. The number of methoxy groups -OCH3 is 1. The number of fused-ring (bicyclic) bond motifs is 2. The molecule has 0 saturated carbocycles. The molecule has 2 aromatic carbocycles. The second-order valence-electron chi connectivity index (χ2n) is 8.27. The molecular formula is C27H22F3N3O6. The van der Waals surface area contributed by atoms with Crippen molar-refractivity contribution in [1.82, 2.24) is 15.3 Å². The number of amides is 1. The molecule has 4 aromatic rings. The van der Waals surface area contributed by atoms with Gasteiger partial charge in [-0.2, -0.15) is 0 Å². The van der Waals surface area contributed by atoms with Gasteiger partial charge in [-0.1, -0.05) is 12.1 Å². The predicted octanol–water partition coefficient (Wildman–Crippen LogP) is 4.69. The predicted molar refractivity (Wildman–Crippen MR) is 133 cm³/mol. The van der Waals surface area contributed by atoms with Crippen LogP contribution >= 0.6 is 0 Å². The van der Waals surface area contributed by atoms with Crippen LogP contribution in [0.25, 0.3) is 10.9 Å². The minimum absolute atomic E-state index is 0.250. The van der Waals surface area contributed by atoms with Crippen LogP contribution in [0.3, 0.4) is 0 Å². The van der Waals surface area contributed by atoms with Crippen LogP contribution in [0.15, 0.2) is 73.1 Å². The highest BCUT2D eigenvalue weighted by Gasteiger charge is 2.43. The lowest BCUT2D eigenvalue weighted by molar-refractivity contribution is -0.274. The van der Waals surface area contributed by atoms with E-state index in [0.29, 0.717) is 40.3 Å². The molecule has 0 bridgehead atoms. The zero-order valence-electron chi connectivity index (χ0n) is 20.4. The summed E-state index contributed by atoms with van der Waals surface area (Å²) in [5, 5.41) is 10.7. The fourth-order valence-corrected chi connectivity index (χ4v) is 4.29. The van der Waals surface area contributed by atoms with Gasteiger partial charge in [-0.15, -0.1) is 13.2 Å². The standard InChI is InChI=1S/C26H20F3N3O4.CH2O2/c1-34-20-7-4-16-13-17(15-31-21(16)14-20)24(33)32-25(10-12-35-22-3-2-11-30-23(22)25)18-5-8-19(9-6-18)36-26(27,28)29;2-1-3/h2-9,11,13-15H,10,12H2,1H3,(H,32,33);1H,(H,2,3)/t25-;/m0./s1. The fraction of sp³-hybridized carbons (Fsp3) is 0.185. The molecule has 0 spiro atoms. The van der Waals surface area contributed by atoms with Crippen molar-refractivity contribution in [3.05, 3.63) is 89.9 Å². The van der Waals surface area contributed by atoms with Crippen LogP contribution < -0.4 is 19.5 Å². The lowest BCUT2D eigenvalue weighted by atomic mass is 9.81. The van der Waals surface area contributed by atoms with E-state index in [0.717, 1.165) is 5.39 Å². The highest BCUT2D eigenvalue weighted by Crippen LogP contribution is 2.41. The largest absolute Gasteiger partial charge is 0.573 e. The molecule has 0 aliphatic carbocycles. The van der Waals surface area contributed by atoms with Crippen molar-refractivity contribution >= 4 is 23.3 Å². The van der Waals surface area contributed by atoms with E-state index in [1.807, 2.05) is 0 Å². The molecule has 1 amide bonds. The first-order chi connectivity index (χ1) is 18.7. The molecule has 1 atom stereocenters. The van der Waals surface area contributed by atoms with Crippen LogP contribution in [-0.4, -0.2) is 47.5 Å². The smallest absolute Gasteiger partial charge is 0.497 e. The van der Waals surface area contributed by atoms with Crippen LogP contribution in [0.4, 0.5) is 13.2 Å². The van der Waals surface area contributed by atoms with Crippen LogP contribution in [0.1, 0.15) is 28.0 Å². The summed E-state index contributed by atoms with van der Waals surface area (Å²) in [4.78, 5) is 30.7. The minimum Gasteiger partial charge on any atom is -0.497 e. The van der Waals surface area contributed by atoms with Crippen molar-refractivity contribution in [1.29, 1.82) is 0 Å². The number of nitrogens with one attached hydrogen (secondary N) is 1. The van der Waals surface area contributed by atoms with Gasteiger partial charge in [-0.3, -0.25) is 19.6 Å². The van der Waals surface area contributed by atoms with E-state index in [2.05, 4.69) is 20.0 Å². The van der Waals surface area contributed by atoms with Gasteiger partial charge in [0.2, 0.25) is 0 Å². The normalized spacial score (nSPS) is 16.1. The Morgan fingerprint density at radius 1 is 1.10 bits per heavy atom. The van der Waals surface area contributed by atoms with Crippen molar-refractivity contribution in [3.63, 3.8) is 0 Å². The average molecular weight is 541 g/mol. The Balaban J connectivity index is 0.00000112. The second kappa shape index (κ2) is 11.3. The first-order valence-corrected chi connectivity index (χ1v) is 11.5. The van der Waals surface area contributed by atoms with Crippen molar-refractivity contribution in [3.8, 4) is 17.2 Å². The molecule has 39 heavy (non-hydrogen) atoms. The summed E-state index contributed by atoms with van der Waals surface area (Å²) < 4.78 is 53.0. The van der Waals surface area contributed by atoms with Gasteiger partial charge < -0.3 is 24.6 Å². The summed E-state index contributed by atoms with van der Waals surface area (Å²) in [5.74, 6) is 0.335. The molecule has 2 N–H and O–H groups in total. The summed E-state index contributed by atoms with van der Waals surface area (Å²) in [6.07, 6.45) is -1.47. The van der Waals surface area contributed by atoms with Gasteiger partial charge in [-0.25, -0.2) is 0 Å². The Kier molecular flexibility index (Phi) is 7.84. The summed E-state index contributed by atoms with van der Waals surface area (Å²) in [6.45, 7) is 0.00947. The number of rotatable bonds is 5. The fourth-order valence-electron chi connectivity index (χ4n) is 4.29. The summed E-state index contributed by atoms with van der Waals surface area (Å²) in [7, 11) is 1.56. The Morgan fingerprint density at radius 2 is 1.82 bits per heavy atom. The average Bonchev–Trinajstić information content (AvgIpc) is 2.92. The zero-order chi connectivity index (χ0) is 28.0. The number of halogens is 3. The maximum atomic E-state index is 13.5. The molecule has 2 aromatic heterocycles. The zero-order valence-corrected chi connectivity index (χ0v) is 20.4. The third-order valence-electron chi connectivity index (χ3n) is 5.97. The third kappa shape index (κ3) is 6.00. The Bertz CT molecular complexity index is 1480. The Morgan fingerprint density at radius 3 is 2.51 bits per heavy atom. The van der Waals surface area contributed by atoms with E-state index in [1.165, 1.54) is 30.5 Å². The lowest BCUT2D eigenvalue weighted by Gasteiger charge is -2.39. The van der Waals surface area contributed by atoms with Gasteiger partial charge in [0.15, 0.2) is 0 Å². The van der Waals surface area contributed by atoms with Crippen molar-refractivity contribution in [2.24, 2.45) is 0 Å². The maximum absolute atomic E-state index is 13.5. The number of aromatic nitrogens is 2. The third-order valence-corrected chi connectivity index (χ3v) is 5.97. The van der Waals surface area contributed by atoms with E-state index in [9.17, 15) is 18.0 Å². The minimum atomic E-state index is -4.81. The number of hydrogen-bond acceptors (Lipinski definition) is 7. The van der Waals surface area contributed by atoms with Crippen LogP contribution in [-0.2, 0) is 10.3 Å². The summed E-state index contributed by atoms with van der Waals surface area (Å²) in [5.41, 5.74) is 0.809. The molecule has 0 fully saturated rings. The number of ether oxygens (including phenoxy) is 3. The number of carbonyl (C=O) groups is 2. The number of alkyl halides is 3. The number of nitrogens with zero attached hydrogens (tertiary/aromatic N) is 2. The lowest BCUT2D eigenvalue weighted by Crippen LogP contribution is -2.50. The molecule has 3 heterocycles. The van der Waals surface area contributed by atoms with Gasteiger partial charge in [0.05, 0.1) is 24.8 Å². The van der Waals surface area contributed by atoms with Gasteiger partial charge in [0.25, 0.3) is 12.4 Å². The molecule has 202 valence electrons. The monoisotopic (exact) mass is 541 g/mol. The highest BCUT2D eigenvalue weighted by atomic mass is 19.4. The molecule has 1 aliphatic rings. The van der Waals surface area contributed by atoms with Crippen molar-refractivity contribution in [2.45, 2.75) is 18.3 Å². The Hall–Kier alpha value is -4.87. The number of hydrogen-bond donors (Lipinski definition) is 2.